The van der Waals surface area contributed by atoms with Crippen LogP contribution >= 0.6 is 0 Å². The predicted molar refractivity (Wildman–Crippen MR) is 38.0 cm³/mol. The van der Waals surface area contributed by atoms with E-state index in [2.05, 4.69) is 4.99 Å². The van der Waals surface area contributed by atoms with Gasteiger partial charge in [-0.05, 0) is 0 Å². The zero-order valence-corrected chi connectivity index (χ0v) is 5.49. The Bertz CT molecular complexity index is 240. The van der Waals surface area contributed by atoms with Gasteiger partial charge in [0.15, 0.2) is 0 Å². The molecule has 3 heteroatoms. The van der Waals surface area contributed by atoms with Crippen LogP contribution in [-0.2, 0) is 0 Å². The van der Waals surface area contributed by atoms with Crippen molar-refractivity contribution >= 4 is 5.71 Å². The maximum atomic E-state index is 9.00. The summed E-state index contributed by atoms with van der Waals surface area (Å²) in [6.07, 6.45) is 5.65. The summed E-state index contributed by atoms with van der Waals surface area (Å²) in [5.41, 5.74) is 2.03. The lowest BCUT2D eigenvalue weighted by Gasteiger charge is -2.03. The smallest absolute Gasteiger partial charge is 0.0871 e. The molecule has 52 valence electrons. The lowest BCUT2D eigenvalue weighted by atomic mass is 10.1. The number of allylic oxidation sites excluding steroid dienone is 1. The molecule has 0 aliphatic carbocycles. The third kappa shape index (κ3) is 0.752. The Balaban J connectivity index is 2.34. The highest BCUT2D eigenvalue weighted by atomic mass is 16.5. The monoisotopic (exact) mass is 136 g/mol. The largest absolute Gasteiger partial charge is 0.289 e. The van der Waals surface area contributed by atoms with Gasteiger partial charge in [-0.3, -0.25) is 15.3 Å². The van der Waals surface area contributed by atoms with Crippen molar-refractivity contribution in [3.63, 3.8) is 0 Å². The molecule has 0 amide bonds. The third-order valence-electron chi connectivity index (χ3n) is 1.62. The van der Waals surface area contributed by atoms with Gasteiger partial charge in [0.2, 0.25) is 0 Å². The van der Waals surface area contributed by atoms with Crippen LogP contribution in [0.5, 0.6) is 0 Å². The molecule has 0 atom stereocenters. The highest BCUT2D eigenvalue weighted by molar-refractivity contribution is 6.06. The average molecular weight is 136 g/mol. The summed E-state index contributed by atoms with van der Waals surface area (Å²) in [5.74, 6) is 0. The number of fused-ring (bicyclic) bond motifs is 1. The lowest BCUT2D eigenvalue weighted by molar-refractivity contribution is -0.0209. The van der Waals surface area contributed by atoms with Gasteiger partial charge in [-0.25, -0.2) is 0 Å². The Morgan fingerprint density at radius 3 is 3.30 bits per heavy atom. The van der Waals surface area contributed by atoms with E-state index in [0.717, 1.165) is 22.9 Å². The van der Waals surface area contributed by atoms with Crippen molar-refractivity contribution in [1.82, 2.24) is 5.06 Å². The molecule has 0 spiro atoms. The van der Waals surface area contributed by atoms with Gasteiger partial charge in [0.05, 0.1) is 18.8 Å². The molecule has 0 bridgehead atoms. The van der Waals surface area contributed by atoms with Crippen molar-refractivity contribution in [2.24, 2.45) is 4.99 Å². The van der Waals surface area contributed by atoms with Gasteiger partial charge in [0, 0.05) is 11.8 Å². The minimum atomic E-state index is 0.541. The van der Waals surface area contributed by atoms with E-state index in [0.29, 0.717) is 6.54 Å². The van der Waals surface area contributed by atoms with Crippen LogP contribution in [0.2, 0.25) is 0 Å². The second kappa shape index (κ2) is 1.95. The van der Waals surface area contributed by atoms with E-state index in [4.69, 9.17) is 5.21 Å². The second-order valence-corrected chi connectivity index (χ2v) is 2.37. The highest BCUT2D eigenvalue weighted by Gasteiger charge is 2.16. The van der Waals surface area contributed by atoms with Crippen molar-refractivity contribution < 1.29 is 5.21 Å². The molecule has 2 aliphatic heterocycles. The predicted octanol–water partition coefficient (Wildman–Crippen LogP) is 0.586. The minimum absolute atomic E-state index is 0.541. The molecule has 2 rings (SSSR count). The average Bonchev–Trinajstić information content (AvgIpc) is 2.27. The highest BCUT2D eigenvalue weighted by Crippen LogP contribution is 2.14. The summed E-state index contributed by atoms with van der Waals surface area (Å²) < 4.78 is 0. The van der Waals surface area contributed by atoms with Gasteiger partial charge < -0.3 is 0 Å². The number of hydrogen-bond acceptors (Lipinski definition) is 3. The van der Waals surface area contributed by atoms with Crippen LogP contribution in [0, 0.1) is 0 Å². The van der Waals surface area contributed by atoms with Crippen LogP contribution in [0.1, 0.15) is 0 Å². The minimum Gasteiger partial charge on any atom is -0.289 e. The molecular weight excluding hydrogens is 128 g/mol. The maximum Gasteiger partial charge on any atom is 0.0871 e. The number of dihydropyridines is 1. The fourth-order valence-electron chi connectivity index (χ4n) is 1.15. The molecule has 2 heterocycles. The zero-order valence-electron chi connectivity index (χ0n) is 5.49. The van der Waals surface area contributed by atoms with Gasteiger partial charge in [-0.15, -0.1) is 0 Å². The standard InChI is InChI=1S/C7H8N2O/c10-9-4-6-2-1-3-8-7(6)5-9/h1-2,4,10H,3,5H2. The van der Waals surface area contributed by atoms with E-state index in [-0.39, 0.29) is 0 Å². The fourth-order valence-corrected chi connectivity index (χ4v) is 1.15. The van der Waals surface area contributed by atoms with E-state index in [9.17, 15) is 0 Å². The number of rotatable bonds is 0. The fraction of sp³-hybridized carbons (Fsp3) is 0.286. The summed E-state index contributed by atoms with van der Waals surface area (Å²) in [6, 6.07) is 0. The summed E-state index contributed by atoms with van der Waals surface area (Å²) in [7, 11) is 0. The van der Waals surface area contributed by atoms with Gasteiger partial charge in [-0.2, -0.15) is 0 Å². The van der Waals surface area contributed by atoms with Crippen LogP contribution in [0.15, 0.2) is 28.9 Å². The number of hydrogen-bond donors (Lipinski definition) is 1. The molecule has 0 unspecified atom stereocenters. The summed E-state index contributed by atoms with van der Waals surface area (Å²) in [6.45, 7) is 1.29. The van der Waals surface area contributed by atoms with E-state index in [1.165, 1.54) is 0 Å². The summed E-state index contributed by atoms with van der Waals surface area (Å²) >= 11 is 0. The Hall–Kier alpha value is -1.09. The number of nitrogens with zero attached hydrogens (tertiary/aromatic N) is 2. The van der Waals surface area contributed by atoms with Crippen molar-refractivity contribution in [3.05, 3.63) is 23.9 Å². The number of hydroxylamine groups is 2. The van der Waals surface area contributed by atoms with E-state index < -0.39 is 0 Å². The number of aliphatic imine (C=N–C) groups is 1. The molecule has 0 saturated heterocycles. The first-order chi connectivity index (χ1) is 4.86. The Labute approximate surface area is 58.9 Å². The third-order valence-corrected chi connectivity index (χ3v) is 1.62. The molecule has 0 radical (unpaired) electrons. The van der Waals surface area contributed by atoms with Gasteiger partial charge in [0.1, 0.15) is 0 Å². The van der Waals surface area contributed by atoms with Crippen LogP contribution in [0.4, 0.5) is 0 Å². The molecule has 0 aromatic carbocycles. The van der Waals surface area contributed by atoms with Gasteiger partial charge in [0.25, 0.3) is 0 Å². The van der Waals surface area contributed by atoms with Gasteiger partial charge >= 0.3 is 0 Å². The second-order valence-electron chi connectivity index (χ2n) is 2.37. The first-order valence-corrected chi connectivity index (χ1v) is 3.24. The summed E-state index contributed by atoms with van der Waals surface area (Å²) in [5, 5.41) is 10.2. The van der Waals surface area contributed by atoms with E-state index in [1.54, 1.807) is 6.20 Å². The molecule has 0 fully saturated rings. The van der Waals surface area contributed by atoms with Crippen LogP contribution in [0.25, 0.3) is 0 Å². The van der Waals surface area contributed by atoms with Crippen LogP contribution < -0.4 is 0 Å². The van der Waals surface area contributed by atoms with E-state index in [1.807, 2.05) is 12.2 Å². The topological polar surface area (TPSA) is 35.8 Å². The normalized spacial score (nSPS) is 22.3. The first kappa shape index (κ1) is 5.68. The van der Waals surface area contributed by atoms with Crippen molar-refractivity contribution in [1.29, 1.82) is 0 Å². The van der Waals surface area contributed by atoms with Crippen molar-refractivity contribution in [2.75, 3.05) is 13.1 Å². The first-order valence-electron chi connectivity index (χ1n) is 3.24. The molecule has 10 heavy (non-hydrogen) atoms. The molecule has 0 aromatic rings. The molecule has 0 aromatic heterocycles. The van der Waals surface area contributed by atoms with Crippen molar-refractivity contribution in [3.8, 4) is 0 Å². The van der Waals surface area contributed by atoms with Crippen molar-refractivity contribution in [2.45, 2.75) is 0 Å². The lowest BCUT2D eigenvalue weighted by Crippen LogP contribution is -2.14. The van der Waals surface area contributed by atoms with Crippen LogP contribution in [0.3, 0.4) is 0 Å². The van der Waals surface area contributed by atoms with Crippen LogP contribution in [-0.4, -0.2) is 29.1 Å². The summed E-state index contributed by atoms with van der Waals surface area (Å²) in [4.78, 5) is 4.20. The Morgan fingerprint density at radius 1 is 1.60 bits per heavy atom. The molecular formula is C7H8N2O. The zero-order chi connectivity index (χ0) is 6.97. The quantitative estimate of drug-likeness (QED) is 0.529. The van der Waals surface area contributed by atoms with E-state index >= 15 is 0 Å². The maximum absolute atomic E-state index is 9.00. The van der Waals surface area contributed by atoms with Gasteiger partial charge in [-0.1, -0.05) is 12.2 Å². The molecule has 0 saturated carbocycles. The molecule has 3 nitrogen and oxygen atoms in total. The Kier molecular flexibility index (Phi) is 1.11. The molecule has 2 aliphatic rings. The SMILES string of the molecule is ON1C=C2C=CCN=C2C1. The molecule has 1 N–H and O–H groups in total. The Morgan fingerprint density at radius 2 is 2.50 bits per heavy atom.